The minimum atomic E-state index is -0.321. The lowest BCUT2D eigenvalue weighted by Crippen LogP contribution is -2.27. The third-order valence-corrected chi connectivity index (χ3v) is 4.04. The molecule has 1 aromatic heterocycles. The molecule has 0 radical (unpaired) electrons. The Labute approximate surface area is 150 Å². The topological polar surface area (TPSA) is 71.1 Å². The first-order valence-corrected chi connectivity index (χ1v) is 8.17. The van der Waals surface area contributed by atoms with Crippen LogP contribution in [-0.2, 0) is 4.79 Å². The van der Waals surface area contributed by atoms with Gasteiger partial charge in [0, 0.05) is 18.5 Å². The molecule has 0 aliphatic rings. The molecule has 3 aromatic rings. The molecule has 3 rings (SSSR count). The van der Waals surface area contributed by atoms with Gasteiger partial charge in [0.2, 0.25) is 5.91 Å². The molecule has 0 spiro atoms. The maximum absolute atomic E-state index is 13.1. The molecule has 0 fully saturated rings. The van der Waals surface area contributed by atoms with E-state index in [1.165, 1.54) is 25.3 Å². The molecule has 2 N–H and O–H groups in total. The molecule has 26 heavy (non-hydrogen) atoms. The quantitative estimate of drug-likeness (QED) is 0.750. The smallest absolute Gasteiger partial charge is 0.252 e. The van der Waals surface area contributed by atoms with Gasteiger partial charge < -0.3 is 10.6 Å². The number of hydrogen-bond donors (Lipinski definition) is 2. The number of halogens is 1. The number of amides is 2. The van der Waals surface area contributed by atoms with Crippen LogP contribution < -0.4 is 10.6 Å². The lowest BCUT2D eigenvalue weighted by molar-refractivity contribution is -0.114. The molecule has 132 valence electrons. The lowest BCUT2D eigenvalue weighted by atomic mass is 10.1. The van der Waals surface area contributed by atoms with Crippen LogP contribution in [0.5, 0.6) is 0 Å². The van der Waals surface area contributed by atoms with E-state index >= 15 is 0 Å². The van der Waals surface area contributed by atoms with Crippen LogP contribution >= 0.6 is 0 Å². The molecule has 2 aromatic carbocycles. The van der Waals surface area contributed by atoms with Crippen molar-refractivity contribution in [2.24, 2.45) is 0 Å². The van der Waals surface area contributed by atoms with Gasteiger partial charge in [0.15, 0.2) is 0 Å². The van der Waals surface area contributed by atoms with Crippen molar-refractivity contribution in [1.29, 1.82) is 0 Å². The van der Waals surface area contributed by atoms with E-state index in [9.17, 15) is 14.0 Å². The zero-order chi connectivity index (χ0) is 18.7. The van der Waals surface area contributed by atoms with E-state index in [1.54, 1.807) is 36.4 Å². The van der Waals surface area contributed by atoms with Gasteiger partial charge in [-0.2, -0.15) is 0 Å². The fourth-order valence-corrected chi connectivity index (χ4v) is 2.77. The molecule has 0 bridgehead atoms. The van der Waals surface area contributed by atoms with Crippen molar-refractivity contribution in [1.82, 2.24) is 10.3 Å². The van der Waals surface area contributed by atoms with Gasteiger partial charge in [-0.1, -0.05) is 24.3 Å². The van der Waals surface area contributed by atoms with Gasteiger partial charge in [-0.15, -0.1) is 0 Å². The number of carbonyl (C=O) groups is 2. The minimum absolute atomic E-state index is 0.209. The summed E-state index contributed by atoms with van der Waals surface area (Å²) in [6.45, 7) is 3.25. The highest BCUT2D eigenvalue weighted by Gasteiger charge is 2.16. The Morgan fingerprint density at radius 2 is 1.81 bits per heavy atom. The second-order valence-corrected chi connectivity index (χ2v) is 5.99. The monoisotopic (exact) mass is 351 g/mol. The first kappa shape index (κ1) is 17.5. The van der Waals surface area contributed by atoms with Gasteiger partial charge in [-0.3, -0.25) is 14.6 Å². The summed E-state index contributed by atoms with van der Waals surface area (Å²) in [5.74, 6) is -0.800. The maximum atomic E-state index is 13.1. The zero-order valence-corrected chi connectivity index (χ0v) is 14.4. The van der Waals surface area contributed by atoms with E-state index in [4.69, 9.17) is 0 Å². The van der Waals surface area contributed by atoms with Gasteiger partial charge in [-0.05, 0) is 36.8 Å². The van der Waals surface area contributed by atoms with Gasteiger partial charge in [0.25, 0.3) is 5.91 Å². The SMILES string of the molecule is CC(=O)Nc1cccc2c(C(=O)N[C@H](C)c3ccc(F)cc3)ccnc12. The first-order valence-electron chi connectivity index (χ1n) is 8.17. The number of fused-ring (bicyclic) bond motifs is 1. The number of pyridine rings is 1. The maximum Gasteiger partial charge on any atom is 0.252 e. The Bertz CT molecular complexity index is 970. The fraction of sp³-hybridized carbons (Fsp3) is 0.150. The van der Waals surface area contributed by atoms with Crippen LogP contribution in [0, 0.1) is 5.82 Å². The summed E-state index contributed by atoms with van der Waals surface area (Å²) in [5, 5.41) is 6.27. The number of aromatic nitrogens is 1. The average molecular weight is 351 g/mol. The third kappa shape index (κ3) is 3.69. The van der Waals surface area contributed by atoms with E-state index in [0.717, 1.165) is 5.56 Å². The van der Waals surface area contributed by atoms with E-state index in [2.05, 4.69) is 15.6 Å². The number of para-hydroxylation sites is 1. The summed E-state index contributed by atoms with van der Waals surface area (Å²) in [6, 6.07) is 12.6. The normalized spacial score (nSPS) is 11.8. The van der Waals surface area contributed by atoms with Crippen molar-refractivity contribution in [3.8, 4) is 0 Å². The number of nitrogens with zero attached hydrogens (tertiary/aromatic N) is 1. The number of rotatable bonds is 4. The Morgan fingerprint density at radius 3 is 2.50 bits per heavy atom. The molecule has 5 nitrogen and oxygen atoms in total. The van der Waals surface area contributed by atoms with Crippen molar-refractivity contribution < 1.29 is 14.0 Å². The molecular weight excluding hydrogens is 333 g/mol. The van der Waals surface area contributed by atoms with E-state index in [0.29, 0.717) is 22.2 Å². The van der Waals surface area contributed by atoms with E-state index < -0.39 is 0 Å². The standard InChI is InChI=1S/C20H18FN3O2/c1-12(14-6-8-15(21)9-7-14)23-20(26)17-10-11-22-19-16(17)4-3-5-18(19)24-13(2)25/h3-12H,1-2H3,(H,23,26)(H,24,25)/t12-/m1/s1. The Morgan fingerprint density at radius 1 is 1.08 bits per heavy atom. The summed E-state index contributed by atoms with van der Waals surface area (Å²) >= 11 is 0. The summed E-state index contributed by atoms with van der Waals surface area (Å²) in [7, 11) is 0. The van der Waals surface area contributed by atoms with Crippen molar-refractivity contribution in [2.75, 3.05) is 5.32 Å². The van der Waals surface area contributed by atoms with Crippen molar-refractivity contribution in [2.45, 2.75) is 19.9 Å². The molecule has 1 heterocycles. The molecule has 2 amide bonds. The van der Waals surface area contributed by atoms with Gasteiger partial charge in [0.1, 0.15) is 5.82 Å². The molecular formula is C20H18FN3O2. The fourth-order valence-electron chi connectivity index (χ4n) is 2.77. The Hall–Kier alpha value is -3.28. The highest BCUT2D eigenvalue weighted by atomic mass is 19.1. The summed E-state index contributed by atoms with van der Waals surface area (Å²) in [5.41, 5.74) is 2.36. The van der Waals surface area contributed by atoms with Crippen LogP contribution in [0.4, 0.5) is 10.1 Å². The largest absolute Gasteiger partial charge is 0.345 e. The Kier molecular flexibility index (Phi) is 4.93. The molecule has 0 aliphatic carbocycles. The van der Waals surface area contributed by atoms with Crippen molar-refractivity contribution >= 4 is 28.4 Å². The minimum Gasteiger partial charge on any atom is -0.345 e. The molecule has 0 aliphatic heterocycles. The molecule has 1 atom stereocenters. The number of carbonyl (C=O) groups excluding carboxylic acids is 2. The third-order valence-electron chi connectivity index (χ3n) is 4.04. The van der Waals surface area contributed by atoms with Crippen LogP contribution in [0.1, 0.15) is 35.8 Å². The predicted octanol–water partition coefficient (Wildman–Crippen LogP) is 3.82. The Balaban J connectivity index is 1.91. The summed E-state index contributed by atoms with van der Waals surface area (Å²) in [4.78, 5) is 28.4. The number of benzene rings is 2. The molecule has 0 saturated carbocycles. The van der Waals surface area contributed by atoms with Crippen LogP contribution in [-0.4, -0.2) is 16.8 Å². The molecule has 0 saturated heterocycles. The zero-order valence-electron chi connectivity index (χ0n) is 14.4. The first-order chi connectivity index (χ1) is 12.5. The van der Waals surface area contributed by atoms with Gasteiger partial charge in [0.05, 0.1) is 22.8 Å². The van der Waals surface area contributed by atoms with Gasteiger partial charge in [-0.25, -0.2) is 4.39 Å². The van der Waals surface area contributed by atoms with Crippen LogP contribution in [0.3, 0.4) is 0 Å². The number of anilines is 1. The highest BCUT2D eigenvalue weighted by Crippen LogP contribution is 2.25. The second-order valence-electron chi connectivity index (χ2n) is 5.99. The molecule has 6 heteroatoms. The van der Waals surface area contributed by atoms with Crippen LogP contribution in [0.25, 0.3) is 10.9 Å². The number of nitrogens with one attached hydrogen (secondary N) is 2. The second kappa shape index (κ2) is 7.31. The van der Waals surface area contributed by atoms with Gasteiger partial charge >= 0.3 is 0 Å². The van der Waals surface area contributed by atoms with Crippen molar-refractivity contribution in [3.05, 3.63) is 71.7 Å². The molecule has 0 unspecified atom stereocenters. The average Bonchev–Trinajstić information content (AvgIpc) is 2.61. The summed E-state index contributed by atoms with van der Waals surface area (Å²) in [6.07, 6.45) is 1.53. The van der Waals surface area contributed by atoms with Crippen molar-refractivity contribution in [3.63, 3.8) is 0 Å². The van der Waals surface area contributed by atoms with E-state index in [1.807, 2.05) is 6.92 Å². The summed E-state index contributed by atoms with van der Waals surface area (Å²) < 4.78 is 13.1. The highest BCUT2D eigenvalue weighted by molar-refractivity contribution is 6.10. The number of hydrogen-bond acceptors (Lipinski definition) is 3. The lowest BCUT2D eigenvalue weighted by Gasteiger charge is -2.16. The predicted molar refractivity (Wildman–Crippen MR) is 98.3 cm³/mol. The van der Waals surface area contributed by atoms with E-state index in [-0.39, 0.29) is 23.7 Å². The van der Waals surface area contributed by atoms with Crippen LogP contribution in [0.15, 0.2) is 54.7 Å². The van der Waals surface area contributed by atoms with Crippen LogP contribution in [0.2, 0.25) is 0 Å².